The summed E-state index contributed by atoms with van der Waals surface area (Å²) in [7, 11) is 0. The molecule has 0 spiro atoms. The first-order valence-electron chi connectivity index (χ1n) is 10.9. The minimum absolute atomic E-state index is 0.00153. The number of benzene rings is 2. The van der Waals surface area contributed by atoms with Gasteiger partial charge in [0, 0.05) is 6.04 Å². The van der Waals surface area contributed by atoms with Gasteiger partial charge in [-0.3, -0.25) is 9.13 Å². The molecule has 0 atom stereocenters. The van der Waals surface area contributed by atoms with Crippen LogP contribution in [0.25, 0.3) is 11.1 Å². The maximum atomic E-state index is 14.0. The van der Waals surface area contributed by atoms with Crippen molar-refractivity contribution >= 4 is 5.97 Å². The number of aromatic nitrogens is 2. The molecule has 0 aliphatic heterocycles. The average molecular weight is 460 g/mol. The van der Waals surface area contributed by atoms with Gasteiger partial charge in [0.15, 0.2) is 0 Å². The maximum absolute atomic E-state index is 14.0. The summed E-state index contributed by atoms with van der Waals surface area (Å²) in [6.07, 6.45) is -3.24. The van der Waals surface area contributed by atoms with Gasteiger partial charge in [-0.15, -0.1) is 0 Å². The first kappa shape index (κ1) is 24.4. The van der Waals surface area contributed by atoms with E-state index in [0.29, 0.717) is 29.5 Å². The highest BCUT2D eigenvalue weighted by Crippen LogP contribution is 2.34. The fraction of sp³-hybridized carbons (Fsp3) is 0.360. The van der Waals surface area contributed by atoms with Crippen molar-refractivity contribution in [1.82, 2.24) is 9.13 Å². The zero-order valence-electron chi connectivity index (χ0n) is 18.8. The molecular weight excluding hydrogens is 433 g/mol. The minimum Gasteiger partial charge on any atom is -0.478 e. The molecule has 0 aliphatic carbocycles. The van der Waals surface area contributed by atoms with Crippen LogP contribution in [0, 0.1) is 0 Å². The number of carboxylic acid groups (broad SMARTS) is 1. The Hall–Kier alpha value is -3.29. The monoisotopic (exact) mass is 460 g/mol. The lowest BCUT2D eigenvalue weighted by Crippen LogP contribution is -2.28. The van der Waals surface area contributed by atoms with Gasteiger partial charge in [0.1, 0.15) is 5.69 Å². The zero-order chi connectivity index (χ0) is 24.3. The van der Waals surface area contributed by atoms with E-state index in [2.05, 4.69) is 0 Å². The Labute approximate surface area is 190 Å². The summed E-state index contributed by atoms with van der Waals surface area (Å²) >= 11 is 0. The molecule has 0 aliphatic rings. The summed E-state index contributed by atoms with van der Waals surface area (Å²) in [6.45, 7) is 5.03. The number of aromatic carboxylic acids is 1. The zero-order valence-corrected chi connectivity index (χ0v) is 18.8. The molecule has 0 saturated heterocycles. The Morgan fingerprint density at radius 2 is 1.70 bits per heavy atom. The normalized spacial score (nSPS) is 11.8. The fourth-order valence-corrected chi connectivity index (χ4v) is 4.04. The van der Waals surface area contributed by atoms with Gasteiger partial charge in [-0.2, -0.15) is 13.2 Å². The molecule has 3 aromatic rings. The number of alkyl halides is 3. The van der Waals surface area contributed by atoms with Gasteiger partial charge >= 0.3 is 17.8 Å². The van der Waals surface area contributed by atoms with Crippen molar-refractivity contribution in [3.63, 3.8) is 0 Å². The standard InChI is InChI=1S/C25H27F3N2O3/c1-4-5-10-21-22(25(26,27)28)30(16(2)3)24(33)29(21)15-17-11-13-18(14-12-17)19-8-6-7-9-20(19)23(31)32/h6-9,11-14,16H,4-5,10,15H2,1-3H3,(H,31,32). The van der Waals surface area contributed by atoms with E-state index in [0.717, 1.165) is 4.57 Å². The van der Waals surface area contributed by atoms with E-state index >= 15 is 0 Å². The molecule has 1 aromatic heterocycles. The highest BCUT2D eigenvalue weighted by molar-refractivity contribution is 5.95. The number of halogens is 3. The first-order chi connectivity index (χ1) is 15.6. The molecule has 8 heteroatoms. The fourth-order valence-electron chi connectivity index (χ4n) is 4.04. The summed E-state index contributed by atoms with van der Waals surface area (Å²) in [5.41, 5.74) is 0.483. The van der Waals surface area contributed by atoms with Crippen LogP contribution in [0.1, 0.15) is 67.0 Å². The molecule has 1 heterocycles. The third kappa shape index (κ3) is 5.05. The van der Waals surface area contributed by atoms with Crippen molar-refractivity contribution in [2.45, 2.75) is 58.8 Å². The second-order valence-electron chi connectivity index (χ2n) is 8.28. The van der Waals surface area contributed by atoms with Gasteiger partial charge in [-0.05, 0) is 49.4 Å². The van der Waals surface area contributed by atoms with E-state index in [9.17, 15) is 27.9 Å². The number of nitrogens with zero attached hydrogens (tertiary/aromatic N) is 2. The highest BCUT2D eigenvalue weighted by atomic mass is 19.4. The number of hydrogen-bond donors (Lipinski definition) is 1. The summed E-state index contributed by atoms with van der Waals surface area (Å²) in [5, 5.41) is 9.41. The average Bonchev–Trinajstić information content (AvgIpc) is 3.04. The van der Waals surface area contributed by atoms with Crippen LogP contribution in [0.4, 0.5) is 13.2 Å². The number of imidazole rings is 1. The van der Waals surface area contributed by atoms with Crippen LogP contribution in [0.2, 0.25) is 0 Å². The van der Waals surface area contributed by atoms with Crippen molar-refractivity contribution in [2.75, 3.05) is 0 Å². The second kappa shape index (κ2) is 9.68. The largest absolute Gasteiger partial charge is 0.478 e. The number of carboxylic acids is 1. The Morgan fingerprint density at radius 3 is 2.24 bits per heavy atom. The molecular formula is C25H27F3N2O3. The topological polar surface area (TPSA) is 64.2 Å². The summed E-state index contributed by atoms with van der Waals surface area (Å²) in [4.78, 5) is 24.5. The van der Waals surface area contributed by atoms with Crippen molar-refractivity contribution in [2.24, 2.45) is 0 Å². The van der Waals surface area contributed by atoms with Crippen LogP contribution in [-0.4, -0.2) is 20.2 Å². The Balaban J connectivity index is 2.05. The summed E-state index contributed by atoms with van der Waals surface area (Å²) < 4.78 is 43.9. The van der Waals surface area contributed by atoms with E-state index in [4.69, 9.17) is 0 Å². The van der Waals surface area contributed by atoms with Crippen molar-refractivity contribution < 1.29 is 23.1 Å². The molecule has 1 N–H and O–H groups in total. The van der Waals surface area contributed by atoms with Gasteiger partial charge in [0.25, 0.3) is 0 Å². The van der Waals surface area contributed by atoms with Crippen molar-refractivity contribution in [1.29, 1.82) is 0 Å². The molecule has 2 aromatic carbocycles. The molecule has 0 saturated carbocycles. The second-order valence-corrected chi connectivity index (χ2v) is 8.28. The third-order valence-corrected chi connectivity index (χ3v) is 5.59. The Bertz CT molecular complexity index is 1190. The van der Waals surface area contributed by atoms with Gasteiger partial charge in [-0.1, -0.05) is 55.8 Å². The molecule has 3 rings (SSSR count). The van der Waals surface area contributed by atoms with E-state index < -0.39 is 29.6 Å². The number of rotatable bonds is 8. The maximum Gasteiger partial charge on any atom is 0.433 e. The lowest BCUT2D eigenvalue weighted by molar-refractivity contribution is -0.144. The van der Waals surface area contributed by atoms with Crippen LogP contribution in [0.5, 0.6) is 0 Å². The Morgan fingerprint density at radius 1 is 1.06 bits per heavy atom. The highest BCUT2D eigenvalue weighted by Gasteiger charge is 2.41. The van der Waals surface area contributed by atoms with Gasteiger partial charge < -0.3 is 5.11 Å². The Kier molecular flexibility index (Phi) is 7.15. The van der Waals surface area contributed by atoms with Crippen LogP contribution in [0.15, 0.2) is 53.3 Å². The predicted octanol–water partition coefficient (Wildman–Crippen LogP) is 6.01. The molecule has 33 heavy (non-hydrogen) atoms. The van der Waals surface area contributed by atoms with Gasteiger partial charge in [-0.25, -0.2) is 9.59 Å². The quantitative estimate of drug-likeness (QED) is 0.448. The van der Waals surface area contributed by atoms with Crippen LogP contribution in [0.3, 0.4) is 0 Å². The van der Waals surface area contributed by atoms with Crippen LogP contribution >= 0.6 is 0 Å². The molecule has 0 bridgehead atoms. The van der Waals surface area contributed by atoms with E-state index in [1.165, 1.54) is 10.6 Å². The van der Waals surface area contributed by atoms with E-state index in [-0.39, 0.29) is 24.2 Å². The lowest BCUT2D eigenvalue weighted by atomic mass is 9.98. The SMILES string of the molecule is CCCCc1c(C(F)(F)F)n(C(C)C)c(=O)n1Cc1ccc(-c2ccccc2C(=O)O)cc1. The molecule has 0 radical (unpaired) electrons. The van der Waals surface area contributed by atoms with Gasteiger partial charge in [0.05, 0.1) is 17.8 Å². The van der Waals surface area contributed by atoms with Crippen molar-refractivity contribution in [3.05, 3.63) is 81.5 Å². The van der Waals surface area contributed by atoms with Crippen molar-refractivity contribution in [3.8, 4) is 11.1 Å². The minimum atomic E-state index is -4.64. The lowest BCUT2D eigenvalue weighted by Gasteiger charge is -2.15. The molecule has 0 amide bonds. The van der Waals surface area contributed by atoms with E-state index in [1.54, 1.807) is 56.3 Å². The molecule has 0 unspecified atom stereocenters. The first-order valence-corrected chi connectivity index (χ1v) is 10.9. The number of unbranched alkanes of at least 4 members (excludes halogenated alkanes) is 1. The van der Waals surface area contributed by atoms with Crippen LogP contribution in [-0.2, 0) is 19.1 Å². The smallest absolute Gasteiger partial charge is 0.433 e. The molecule has 176 valence electrons. The van der Waals surface area contributed by atoms with Crippen LogP contribution < -0.4 is 5.69 Å². The molecule has 5 nitrogen and oxygen atoms in total. The number of hydrogen-bond acceptors (Lipinski definition) is 2. The summed E-state index contributed by atoms with van der Waals surface area (Å²) in [5.74, 6) is -1.04. The summed E-state index contributed by atoms with van der Waals surface area (Å²) in [6, 6.07) is 12.8. The number of carbonyl (C=O) groups is 1. The third-order valence-electron chi connectivity index (χ3n) is 5.59. The predicted molar refractivity (Wildman–Crippen MR) is 121 cm³/mol. The van der Waals surface area contributed by atoms with Gasteiger partial charge in [0.2, 0.25) is 0 Å². The van der Waals surface area contributed by atoms with E-state index in [1.807, 2.05) is 6.92 Å². The molecule has 0 fully saturated rings.